The molecular formula is C16H18ClNO2. The molecule has 0 fully saturated rings. The number of ether oxygens (including phenoxy) is 2. The highest BCUT2D eigenvalue weighted by Gasteiger charge is 2.14. The first-order chi connectivity index (χ1) is 9.71. The first-order valence-corrected chi connectivity index (χ1v) is 6.73. The summed E-state index contributed by atoms with van der Waals surface area (Å²) in [5.41, 5.74) is 3.17. The van der Waals surface area contributed by atoms with E-state index in [1.54, 1.807) is 14.2 Å². The van der Waals surface area contributed by atoms with Crippen LogP contribution in [0.2, 0.25) is 5.02 Å². The highest BCUT2D eigenvalue weighted by molar-refractivity contribution is 6.30. The second-order valence-corrected chi connectivity index (χ2v) is 4.81. The summed E-state index contributed by atoms with van der Waals surface area (Å²) in [6.07, 6.45) is 0. The molecule has 0 aromatic heterocycles. The molecule has 0 saturated heterocycles. The number of halogens is 1. The van der Waals surface area contributed by atoms with Crippen molar-refractivity contribution in [3.63, 3.8) is 0 Å². The zero-order valence-corrected chi connectivity index (χ0v) is 12.6. The van der Waals surface area contributed by atoms with Crippen molar-refractivity contribution in [1.82, 2.24) is 5.32 Å². The van der Waals surface area contributed by atoms with Crippen molar-refractivity contribution in [2.45, 2.75) is 6.54 Å². The van der Waals surface area contributed by atoms with Crippen LogP contribution >= 0.6 is 11.6 Å². The third kappa shape index (κ3) is 2.89. The number of nitrogens with one attached hydrogen (secondary N) is 1. The number of hydrogen-bond acceptors (Lipinski definition) is 3. The van der Waals surface area contributed by atoms with Crippen LogP contribution in [0.3, 0.4) is 0 Å². The van der Waals surface area contributed by atoms with Gasteiger partial charge in [-0.3, -0.25) is 0 Å². The standard InChI is InChI=1S/C16H18ClNO2/c1-18-10-11-7-8-12(17)9-14(11)13-5-4-6-15(19-2)16(13)20-3/h4-9,18H,10H2,1-3H3. The van der Waals surface area contributed by atoms with E-state index in [-0.39, 0.29) is 0 Å². The fourth-order valence-corrected chi connectivity index (χ4v) is 2.42. The largest absolute Gasteiger partial charge is 0.493 e. The summed E-state index contributed by atoms with van der Waals surface area (Å²) in [7, 11) is 5.19. The van der Waals surface area contributed by atoms with E-state index >= 15 is 0 Å². The Kier molecular flexibility index (Phi) is 4.88. The highest BCUT2D eigenvalue weighted by Crippen LogP contribution is 2.39. The minimum absolute atomic E-state index is 0.699. The van der Waals surface area contributed by atoms with Gasteiger partial charge in [-0.2, -0.15) is 0 Å². The number of benzene rings is 2. The Hall–Kier alpha value is -1.71. The molecule has 0 aliphatic heterocycles. The highest BCUT2D eigenvalue weighted by atomic mass is 35.5. The fraction of sp³-hybridized carbons (Fsp3) is 0.250. The van der Waals surface area contributed by atoms with E-state index in [1.165, 1.54) is 0 Å². The molecule has 0 saturated carbocycles. The van der Waals surface area contributed by atoms with Gasteiger partial charge in [-0.25, -0.2) is 0 Å². The van der Waals surface area contributed by atoms with Crippen molar-refractivity contribution in [3.8, 4) is 22.6 Å². The maximum atomic E-state index is 6.14. The van der Waals surface area contributed by atoms with E-state index in [9.17, 15) is 0 Å². The summed E-state index contributed by atoms with van der Waals surface area (Å²) in [5.74, 6) is 1.43. The molecule has 2 aromatic carbocycles. The molecular weight excluding hydrogens is 274 g/mol. The normalized spacial score (nSPS) is 10.4. The van der Waals surface area contributed by atoms with Gasteiger partial charge in [-0.15, -0.1) is 0 Å². The van der Waals surface area contributed by atoms with Crippen molar-refractivity contribution in [2.24, 2.45) is 0 Å². The summed E-state index contributed by atoms with van der Waals surface area (Å²) in [4.78, 5) is 0. The lowest BCUT2D eigenvalue weighted by atomic mass is 9.98. The number of rotatable bonds is 5. The van der Waals surface area contributed by atoms with Crippen LogP contribution < -0.4 is 14.8 Å². The third-order valence-corrected chi connectivity index (χ3v) is 3.37. The van der Waals surface area contributed by atoms with Gasteiger partial charge in [-0.1, -0.05) is 29.8 Å². The molecule has 0 spiro atoms. The Morgan fingerprint density at radius 1 is 1.05 bits per heavy atom. The predicted molar refractivity (Wildman–Crippen MR) is 82.8 cm³/mol. The van der Waals surface area contributed by atoms with Crippen LogP contribution in [0.4, 0.5) is 0 Å². The molecule has 0 radical (unpaired) electrons. The van der Waals surface area contributed by atoms with Gasteiger partial charge in [0.2, 0.25) is 0 Å². The molecule has 3 nitrogen and oxygen atoms in total. The van der Waals surface area contributed by atoms with Gasteiger partial charge in [0.25, 0.3) is 0 Å². The molecule has 0 atom stereocenters. The predicted octanol–water partition coefficient (Wildman–Crippen LogP) is 3.74. The summed E-state index contributed by atoms with van der Waals surface area (Å²) in [6.45, 7) is 0.757. The Morgan fingerprint density at radius 2 is 1.85 bits per heavy atom. The van der Waals surface area contributed by atoms with Gasteiger partial charge in [0.15, 0.2) is 11.5 Å². The van der Waals surface area contributed by atoms with Gasteiger partial charge in [0, 0.05) is 17.1 Å². The molecule has 2 aromatic rings. The third-order valence-electron chi connectivity index (χ3n) is 3.13. The molecule has 106 valence electrons. The van der Waals surface area contributed by atoms with E-state index in [0.717, 1.165) is 29.0 Å². The van der Waals surface area contributed by atoms with Crippen LogP contribution in [-0.4, -0.2) is 21.3 Å². The molecule has 0 unspecified atom stereocenters. The number of methoxy groups -OCH3 is 2. The van der Waals surface area contributed by atoms with Crippen molar-refractivity contribution in [2.75, 3.05) is 21.3 Å². The second kappa shape index (κ2) is 6.64. The Morgan fingerprint density at radius 3 is 2.50 bits per heavy atom. The van der Waals surface area contributed by atoms with Gasteiger partial charge < -0.3 is 14.8 Å². The zero-order valence-electron chi connectivity index (χ0n) is 11.9. The molecule has 20 heavy (non-hydrogen) atoms. The summed E-state index contributed by atoms with van der Waals surface area (Å²) < 4.78 is 10.9. The molecule has 0 aliphatic rings. The molecule has 0 aliphatic carbocycles. The first-order valence-electron chi connectivity index (χ1n) is 6.35. The van der Waals surface area contributed by atoms with Crippen LogP contribution in [0, 0.1) is 0 Å². The smallest absolute Gasteiger partial charge is 0.168 e. The monoisotopic (exact) mass is 291 g/mol. The van der Waals surface area contributed by atoms with Gasteiger partial charge in [-0.05, 0) is 36.4 Å². The van der Waals surface area contributed by atoms with Gasteiger partial charge in [0.1, 0.15) is 0 Å². The first kappa shape index (κ1) is 14.7. The molecule has 0 bridgehead atoms. The van der Waals surface area contributed by atoms with Crippen molar-refractivity contribution >= 4 is 11.6 Å². The second-order valence-electron chi connectivity index (χ2n) is 4.37. The van der Waals surface area contributed by atoms with E-state index < -0.39 is 0 Å². The Labute approximate surface area is 124 Å². The maximum absolute atomic E-state index is 6.14. The Bertz CT molecular complexity index is 599. The van der Waals surface area contributed by atoms with Crippen LogP contribution in [0.1, 0.15) is 5.56 Å². The van der Waals surface area contributed by atoms with Crippen LogP contribution in [0.5, 0.6) is 11.5 Å². The zero-order chi connectivity index (χ0) is 14.5. The summed E-state index contributed by atoms with van der Waals surface area (Å²) in [6, 6.07) is 11.7. The number of hydrogen-bond donors (Lipinski definition) is 1. The van der Waals surface area contributed by atoms with Crippen LogP contribution in [-0.2, 0) is 6.54 Å². The van der Waals surface area contributed by atoms with E-state index in [2.05, 4.69) is 5.32 Å². The van der Waals surface area contributed by atoms with Crippen molar-refractivity contribution in [3.05, 3.63) is 47.0 Å². The molecule has 2 rings (SSSR count). The van der Waals surface area contributed by atoms with Gasteiger partial charge in [0.05, 0.1) is 14.2 Å². The molecule has 0 heterocycles. The topological polar surface area (TPSA) is 30.5 Å². The van der Waals surface area contributed by atoms with E-state index in [1.807, 2.05) is 43.4 Å². The minimum atomic E-state index is 0.699. The molecule has 4 heteroatoms. The lowest BCUT2D eigenvalue weighted by Gasteiger charge is -2.16. The SMILES string of the molecule is CNCc1ccc(Cl)cc1-c1cccc(OC)c1OC. The van der Waals surface area contributed by atoms with Crippen molar-refractivity contribution in [1.29, 1.82) is 0 Å². The minimum Gasteiger partial charge on any atom is -0.493 e. The van der Waals surface area contributed by atoms with Crippen LogP contribution in [0.15, 0.2) is 36.4 Å². The van der Waals surface area contributed by atoms with Crippen LogP contribution in [0.25, 0.3) is 11.1 Å². The number of para-hydroxylation sites is 1. The van der Waals surface area contributed by atoms with Crippen molar-refractivity contribution < 1.29 is 9.47 Å². The molecule has 0 amide bonds. The summed E-state index contributed by atoms with van der Waals surface area (Å²) in [5, 5.41) is 3.86. The van der Waals surface area contributed by atoms with E-state index in [4.69, 9.17) is 21.1 Å². The fourth-order valence-electron chi connectivity index (χ4n) is 2.24. The average molecular weight is 292 g/mol. The average Bonchev–Trinajstić information content (AvgIpc) is 2.48. The Balaban J connectivity index is 2.64. The lowest BCUT2D eigenvalue weighted by molar-refractivity contribution is 0.356. The summed E-state index contributed by atoms with van der Waals surface area (Å²) >= 11 is 6.14. The van der Waals surface area contributed by atoms with E-state index in [0.29, 0.717) is 10.8 Å². The maximum Gasteiger partial charge on any atom is 0.168 e. The lowest BCUT2D eigenvalue weighted by Crippen LogP contribution is -2.06. The van der Waals surface area contributed by atoms with Gasteiger partial charge >= 0.3 is 0 Å². The molecule has 1 N–H and O–H groups in total. The quantitative estimate of drug-likeness (QED) is 0.910.